The molecule has 1 aromatic heterocycles. The van der Waals surface area contributed by atoms with E-state index in [2.05, 4.69) is 15.0 Å². The number of pyridine rings is 1. The highest BCUT2D eigenvalue weighted by Crippen LogP contribution is 2.15. The molecule has 1 amide bonds. The molecule has 1 atom stereocenters. The predicted molar refractivity (Wildman–Crippen MR) is 62.6 cm³/mol. The van der Waals surface area contributed by atoms with Gasteiger partial charge in [-0.15, -0.1) is 0 Å². The summed E-state index contributed by atoms with van der Waals surface area (Å²) in [6, 6.07) is 0.610. The predicted octanol–water partition coefficient (Wildman–Crippen LogP) is 0.609. The molecule has 0 aromatic carbocycles. The largest absolute Gasteiger partial charge is 0.467 e. The number of halogens is 1. The number of hydrogen-bond acceptors (Lipinski definition) is 5. The smallest absolute Gasteiger partial charge is 0.328 e. The molecule has 6 nitrogen and oxygen atoms in total. The van der Waals surface area contributed by atoms with Crippen LogP contribution in [-0.4, -0.2) is 30.0 Å². The first-order valence-corrected chi connectivity index (χ1v) is 5.13. The zero-order valence-corrected chi connectivity index (χ0v) is 10.1. The number of esters is 1. The van der Waals surface area contributed by atoms with Gasteiger partial charge in [-0.25, -0.2) is 9.78 Å². The normalized spacial score (nSPS) is 11.7. The van der Waals surface area contributed by atoms with Crippen molar-refractivity contribution in [1.82, 2.24) is 10.3 Å². The molecule has 0 radical (unpaired) electrons. The molecule has 1 aromatic rings. The fourth-order valence-corrected chi connectivity index (χ4v) is 1.32. The number of methoxy groups -OCH3 is 1. The maximum atomic E-state index is 11.7. The van der Waals surface area contributed by atoms with Gasteiger partial charge in [-0.3, -0.25) is 4.79 Å². The molecule has 17 heavy (non-hydrogen) atoms. The maximum Gasteiger partial charge on any atom is 0.328 e. The summed E-state index contributed by atoms with van der Waals surface area (Å²) in [5, 5.41) is 2.44. The number of rotatable bonds is 3. The first-order valence-electron chi connectivity index (χ1n) is 4.75. The lowest BCUT2D eigenvalue weighted by Crippen LogP contribution is -2.39. The molecule has 0 saturated carbocycles. The van der Waals surface area contributed by atoms with Crippen molar-refractivity contribution < 1.29 is 14.3 Å². The van der Waals surface area contributed by atoms with Crippen LogP contribution in [0.1, 0.15) is 17.3 Å². The van der Waals surface area contributed by atoms with Gasteiger partial charge in [-0.1, -0.05) is 11.6 Å². The van der Waals surface area contributed by atoms with Crippen LogP contribution < -0.4 is 11.1 Å². The molecule has 0 spiro atoms. The zero-order valence-electron chi connectivity index (χ0n) is 9.36. The van der Waals surface area contributed by atoms with Crippen LogP contribution in [0.3, 0.4) is 0 Å². The van der Waals surface area contributed by atoms with E-state index in [9.17, 15) is 9.59 Å². The highest BCUT2D eigenvalue weighted by molar-refractivity contribution is 6.32. The molecule has 0 fully saturated rings. The molecular formula is C10H12ClN3O3. The van der Waals surface area contributed by atoms with Gasteiger partial charge >= 0.3 is 5.97 Å². The Morgan fingerprint density at radius 3 is 2.82 bits per heavy atom. The Bertz CT molecular complexity index is 450. The molecule has 1 heterocycles. The minimum absolute atomic E-state index is 0.0220. The number of amides is 1. The van der Waals surface area contributed by atoms with E-state index >= 15 is 0 Å². The van der Waals surface area contributed by atoms with E-state index in [4.69, 9.17) is 17.3 Å². The topological polar surface area (TPSA) is 94.3 Å². The summed E-state index contributed by atoms with van der Waals surface area (Å²) < 4.78 is 4.48. The third-order valence-electron chi connectivity index (χ3n) is 2.01. The Kier molecular flexibility index (Phi) is 4.28. The number of aromatic nitrogens is 1. The number of hydrogen-bond donors (Lipinski definition) is 2. The van der Waals surface area contributed by atoms with Crippen molar-refractivity contribution in [1.29, 1.82) is 0 Å². The number of nitrogen functional groups attached to an aromatic ring is 1. The van der Waals surface area contributed by atoms with E-state index in [1.54, 1.807) is 0 Å². The molecule has 92 valence electrons. The lowest BCUT2D eigenvalue weighted by molar-refractivity contribution is -0.142. The van der Waals surface area contributed by atoms with Crippen LogP contribution in [0.2, 0.25) is 5.15 Å². The van der Waals surface area contributed by atoms with Gasteiger partial charge in [0.05, 0.1) is 24.6 Å². The van der Waals surface area contributed by atoms with Crippen molar-refractivity contribution in [2.45, 2.75) is 13.0 Å². The molecule has 3 N–H and O–H groups in total. The van der Waals surface area contributed by atoms with Crippen LogP contribution in [0.5, 0.6) is 0 Å². The van der Waals surface area contributed by atoms with Crippen LogP contribution in [0.4, 0.5) is 5.69 Å². The second-order valence-corrected chi connectivity index (χ2v) is 3.68. The summed E-state index contributed by atoms with van der Waals surface area (Å²) in [7, 11) is 1.24. The van der Waals surface area contributed by atoms with Gasteiger partial charge in [-0.05, 0) is 13.0 Å². The fraction of sp³-hybridized carbons (Fsp3) is 0.300. The molecule has 0 aliphatic rings. The van der Waals surface area contributed by atoms with Crippen LogP contribution in [0.15, 0.2) is 12.3 Å². The van der Waals surface area contributed by atoms with Crippen molar-refractivity contribution in [2.24, 2.45) is 0 Å². The zero-order chi connectivity index (χ0) is 13.0. The van der Waals surface area contributed by atoms with Crippen molar-refractivity contribution >= 4 is 29.2 Å². The van der Waals surface area contributed by atoms with Crippen LogP contribution >= 0.6 is 11.6 Å². The van der Waals surface area contributed by atoms with E-state index in [1.807, 2.05) is 0 Å². The quantitative estimate of drug-likeness (QED) is 0.611. The lowest BCUT2D eigenvalue weighted by Gasteiger charge is -2.12. The third-order valence-corrected chi connectivity index (χ3v) is 2.31. The maximum absolute atomic E-state index is 11.7. The van der Waals surface area contributed by atoms with Gasteiger partial charge < -0.3 is 15.8 Å². The van der Waals surface area contributed by atoms with E-state index in [1.165, 1.54) is 26.3 Å². The van der Waals surface area contributed by atoms with E-state index in [0.717, 1.165) is 0 Å². The molecule has 0 aliphatic heterocycles. The van der Waals surface area contributed by atoms with Crippen LogP contribution in [0.25, 0.3) is 0 Å². The van der Waals surface area contributed by atoms with Crippen molar-refractivity contribution in [2.75, 3.05) is 12.8 Å². The number of nitrogens with one attached hydrogen (secondary N) is 1. The molecule has 1 unspecified atom stereocenters. The first-order chi connectivity index (χ1) is 7.95. The highest BCUT2D eigenvalue weighted by atomic mass is 35.5. The monoisotopic (exact) mass is 257 g/mol. The van der Waals surface area contributed by atoms with E-state index in [0.29, 0.717) is 5.69 Å². The van der Waals surface area contributed by atoms with Gasteiger partial charge in [0.25, 0.3) is 5.91 Å². The number of anilines is 1. The third kappa shape index (κ3) is 3.32. The second-order valence-electron chi connectivity index (χ2n) is 3.33. The average molecular weight is 258 g/mol. The molecular weight excluding hydrogens is 246 g/mol. The molecule has 0 bridgehead atoms. The summed E-state index contributed by atoms with van der Waals surface area (Å²) in [5.41, 5.74) is 5.91. The Balaban J connectivity index is 2.83. The van der Waals surface area contributed by atoms with Crippen LogP contribution in [0, 0.1) is 0 Å². The second kappa shape index (κ2) is 5.49. The minimum Gasteiger partial charge on any atom is -0.467 e. The van der Waals surface area contributed by atoms with E-state index in [-0.39, 0.29) is 10.7 Å². The molecule has 7 heteroatoms. The van der Waals surface area contributed by atoms with Crippen molar-refractivity contribution in [3.05, 3.63) is 23.0 Å². The van der Waals surface area contributed by atoms with E-state index < -0.39 is 17.9 Å². The summed E-state index contributed by atoms with van der Waals surface area (Å²) in [5.74, 6) is -1.08. The summed E-state index contributed by atoms with van der Waals surface area (Å²) in [4.78, 5) is 26.6. The average Bonchev–Trinajstić information content (AvgIpc) is 2.30. The van der Waals surface area contributed by atoms with Gasteiger partial charge in [-0.2, -0.15) is 0 Å². The van der Waals surface area contributed by atoms with Crippen molar-refractivity contribution in [3.63, 3.8) is 0 Å². The van der Waals surface area contributed by atoms with Crippen molar-refractivity contribution in [3.8, 4) is 0 Å². The number of nitrogens with two attached hydrogens (primary N) is 1. The summed E-state index contributed by atoms with van der Waals surface area (Å²) in [6.07, 6.45) is 1.34. The lowest BCUT2D eigenvalue weighted by atomic mass is 10.2. The number of carbonyl (C=O) groups excluding carboxylic acids is 2. The fourth-order valence-electron chi connectivity index (χ4n) is 1.13. The summed E-state index contributed by atoms with van der Waals surface area (Å²) >= 11 is 5.74. The Hall–Kier alpha value is -1.82. The minimum atomic E-state index is -0.773. The number of carbonyl (C=O) groups is 2. The molecule has 0 aliphatic carbocycles. The Labute approximate surface area is 103 Å². The SMILES string of the molecule is COC(=O)C(C)NC(=O)c1cc(N)cnc1Cl. The highest BCUT2D eigenvalue weighted by Gasteiger charge is 2.19. The molecule has 1 rings (SSSR count). The Morgan fingerprint density at radius 1 is 1.59 bits per heavy atom. The molecule has 0 saturated heterocycles. The standard InChI is InChI=1S/C10H12ClN3O3/c1-5(10(16)17-2)14-9(15)7-3-6(12)4-13-8(7)11/h3-5H,12H2,1-2H3,(H,14,15). The van der Waals surface area contributed by atoms with Crippen LogP contribution in [-0.2, 0) is 9.53 Å². The van der Waals surface area contributed by atoms with Gasteiger partial charge in [0.1, 0.15) is 11.2 Å². The first kappa shape index (κ1) is 13.2. The Morgan fingerprint density at radius 2 is 2.24 bits per heavy atom. The number of nitrogens with zero attached hydrogens (tertiary/aromatic N) is 1. The summed E-state index contributed by atoms with van der Waals surface area (Å²) in [6.45, 7) is 1.50. The number of ether oxygens (including phenoxy) is 1. The van der Waals surface area contributed by atoms with Gasteiger partial charge in [0, 0.05) is 0 Å². The van der Waals surface area contributed by atoms with Gasteiger partial charge in [0.15, 0.2) is 0 Å². The van der Waals surface area contributed by atoms with Gasteiger partial charge in [0.2, 0.25) is 0 Å².